The Morgan fingerprint density at radius 2 is 2.08 bits per heavy atom. The van der Waals surface area contributed by atoms with Crippen molar-refractivity contribution in [3.63, 3.8) is 0 Å². The highest BCUT2D eigenvalue weighted by atomic mass is 35.5. The number of carbonyl (C=O) groups is 1. The summed E-state index contributed by atoms with van der Waals surface area (Å²) in [7, 11) is 0. The molecule has 6 nitrogen and oxygen atoms in total. The zero-order valence-electron chi connectivity index (χ0n) is 12.6. The van der Waals surface area contributed by atoms with Crippen LogP contribution in [0.25, 0.3) is 5.82 Å². The molecule has 0 saturated heterocycles. The van der Waals surface area contributed by atoms with Crippen molar-refractivity contribution in [2.75, 3.05) is 0 Å². The molecular formula is C17H15ClN4O2. The lowest BCUT2D eigenvalue weighted by atomic mass is 10.1. The first-order chi connectivity index (χ1) is 11.6. The van der Waals surface area contributed by atoms with Gasteiger partial charge in [0.2, 0.25) is 0 Å². The summed E-state index contributed by atoms with van der Waals surface area (Å²) in [5, 5.41) is 17.2. The Kier molecular flexibility index (Phi) is 4.88. The van der Waals surface area contributed by atoms with Gasteiger partial charge in [0.1, 0.15) is 0 Å². The Labute approximate surface area is 143 Å². The first-order valence-corrected chi connectivity index (χ1v) is 7.68. The molecular weight excluding hydrogens is 328 g/mol. The van der Waals surface area contributed by atoms with Gasteiger partial charge in [-0.1, -0.05) is 35.9 Å². The number of hydrogen-bond acceptors (Lipinski definition) is 4. The number of aliphatic hydroxyl groups excluding tert-OH is 1. The summed E-state index contributed by atoms with van der Waals surface area (Å²) in [4.78, 5) is 16.4. The van der Waals surface area contributed by atoms with Crippen LogP contribution in [-0.2, 0) is 11.3 Å². The first-order valence-electron chi connectivity index (χ1n) is 7.30. The van der Waals surface area contributed by atoms with Crippen LogP contribution in [0.3, 0.4) is 0 Å². The number of pyridine rings is 1. The van der Waals surface area contributed by atoms with E-state index < -0.39 is 12.0 Å². The monoisotopic (exact) mass is 342 g/mol. The Hall–Kier alpha value is -2.70. The van der Waals surface area contributed by atoms with E-state index in [1.165, 1.54) is 0 Å². The molecule has 122 valence electrons. The number of benzene rings is 1. The van der Waals surface area contributed by atoms with E-state index in [1.54, 1.807) is 53.6 Å². The third-order valence-electron chi connectivity index (χ3n) is 3.46. The molecule has 0 aliphatic heterocycles. The summed E-state index contributed by atoms with van der Waals surface area (Å²) in [5.74, 6) is 0.172. The average molecular weight is 343 g/mol. The maximum Gasteiger partial charge on any atom is 0.253 e. The summed E-state index contributed by atoms with van der Waals surface area (Å²) >= 11 is 5.99. The second-order valence-corrected chi connectivity index (χ2v) is 5.52. The fourth-order valence-electron chi connectivity index (χ4n) is 2.19. The van der Waals surface area contributed by atoms with Crippen molar-refractivity contribution >= 4 is 17.5 Å². The standard InChI is InChI=1S/C17H15ClN4O2/c18-14-5-2-1-4-13(14)16(23)17(24)20-11-12-6-7-15(19-10-12)22-9-3-8-21-22/h1-10,16,23H,11H2,(H,20,24)/t16-/m1/s1. The van der Waals surface area contributed by atoms with Crippen LogP contribution in [0.15, 0.2) is 61.1 Å². The molecule has 2 N–H and O–H groups in total. The molecule has 0 saturated carbocycles. The van der Waals surface area contributed by atoms with Crippen LogP contribution >= 0.6 is 11.6 Å². The summed E-state index contributed by atoms with van der Waals surface area (Å²) in [6.45, 7) is 0.257. The lowest BCUT2D eigenvalue weighted by Gasteiger charge is -2.13. The van der Waals surface area contributed by atoms with E-state index in [0.29, 0.717) is 16.4 Å². The Balaban J connectivity index is 1.61. The zero-order valence-corrected chi connectivity index (χ0v) is 13.4. The van der Waals surface area contributed by atoms with Gasteiger partial charge in [-0.15, -0.1) is 0 Å². The van der Waals surface area contributed by atoms with E-state index in [-0.39, 0.29) is 6.54 Å². The molecule has 3 aromatic rings. The molecule has 7 heteroatoms. The summed E-state index contributed by atoms with van der Waals surface area (Å²) in [5.41, 5.74) is 1.19. The number of carbonyl (C=O) groups excluding carboxylic acids is 1. The highest BCUT2D eigenvalue weighted by Gasteiger charge is 2.19. The molecule has 2 aromatic heterocycles. The zero-order chi connectivity index (χ0) is 16.9. The molecule has 0 bridgehead atoms. The molecule has 0 radical (unpaired) electrons. The van der Waals surface area contributed by atoms with E-state index in [4.69, 9.17) is 11.6 Å². The van der Waals surface area contributed by atoms with Crippen molar-refractivity contribution in [2.45, 2.75) is 12.6 Å². The van der Waals surface area contributed by atoms with E-state index in [9.17, 15) is 9.90 Å². The van der Waals surface area contributed by atoms with Crippen LogP contribution in [-0.4, -0.2) is 25.8 Å². The van der Waals surface area contributed by atoms with Crippen LogP contribution in [0, 0.1) is 0 Å². The Bertz CT molecular complexity index is 819. The summed E-state index contributed by atoms with van der Waals surface area (Å²) in [6.07, 6.45) is 3.81. The fourth-order valence-corrected chi connectivity index (χ4v) is 2.42. The predicted octanol–water partition coefficient (Wildman–Crippen LogP) is 2.27. The van der Waals surface area contributed by atoms with Crippen LogP contribution in [0.1, 0.15) is 17.2 Å². The minimum atomic E-state index is -1.31. The number of aromatic nitrogens is 3. The van der Waals surface area contributed by atoms with Crippen LogP contribution in [0.2, 0.25) is 5.02 Å². The van der Waals surface area contributed by atoms with Gasteiger partial charge in [-0.3, -0.25) is 4.79 Å². The normalized spacial score (nSPS) is 11.9. The predicted molar refractivity (Wildman–Crippen MR) is 89.6 cm³/mol. The minimum absolute atomic E-state index is 0.257. The van der Waals surface area contributed by atoms with Crippen LogP contribution in [0.5, 0.6) is 0 Å². The molecule has 0 aliphatic carbocycles. The number of amides is 1. The quantitative estimate of drug-likeness (QED) is 0.745. The van der Waals surface area contributed by atoms with Crippen LogP contribution < -0.4 is 5.32 Å². The minimum Gasteiger partial charge on any atom is -0.378 e. The van der Waals surface area contributed by atoms with Crippen molar-refractivity contribution < 1.29 is 9.90 Å². The van der Waals surface area contributed by atoms with Gasteiger partial charge in [-0.05, 0) is 23.8 Å². The van der Waals surface area contributed by atoms with Crippen molar-refractivity contribution in [2.24, 2.45) is 0 Å². The molecule has 2 heterocycles. The van der Waals surface area contributed by atoms with Gasteiger partial charge in [-0.2, -0.15) is 5.10 Å². The van der Waals surface area contributed by atoms with E-state index in [0.717, 1.165) is 5.56 Å². The second kappa shape index (κ2) is 7.25. The fraction of sp³-hybridized carbons (Fsp3) is 0.118. The highest BCUT2D eigenvalue weighted by Crippen LogP contribution is 2.22. The molecule has 1 atom stereocenters. The Morgan fingerprint density at radius 3 is 2.75 bits per heavy atom. The lowest BCUT2D eigenvalue weighted by Crippen LogP contribution is -2.29. The SMILES string of the molecule is O=C(NCc1ccc(-n2cccn2)nc1)[C@H](O)c1ccccc1Cl. The third kappa shape index (κ3) is 3.61. The van der Waals surface area contributed by atoms with E-state index in [2.05, 4.69) is 15.4 Å². The lowest BCUT2D eigenvalue weighted by molar-refractivity contribution is -0.129. The molecule has 1 amide bonds. The molecule has 0 aliphatic rings. The first kappa shape index (κ1) is 16.2. The number of aliphatic hydroxyl groups is 1. The Morgan fingerprint density at radius 1 is 1.25 bits per heavy atom. The van der Waals surface area contributed by atoms with Gasteiger partial charge in [0.25, 0.3) is 5.91 Å². The molecule has 24 heavy (non-hydrogen) atoms. The van der Waals surface area contributed by atoms with E-state index >= 15 is 0 Å². The smallest absolute Gasteiger partial charge is 0.253 e. The average Bonchev–Trinajstić information content (AvgIpc) is 3.14. The third-order valence-corrected chi connectivity index (χ3v) is 3.81. The molecule has 1 aromatic carbocycles. The molecule has 0 spiro atoms. The van der Waals surface area contributed by atoms with E-state index in [1.807, 2.05) is 12.1 Å². The van der Waals surface area contributed by atoms with Crippen molar-refractivity contribution in [3.8, 4) is 5.82 Å². The van der Waals surface area contributed by atoms with Crippen molar-refractivity contribution in [3.05, 3.63) is 77.2 Å². The summed E-state index contributed by atoms with van der Waals surface area (Å²) in [6, 6.07) is 12.2. The molecule has 0 fully saturated rings. The number of hydrogen-bond donors (Lipinski definition) is 2. The summed E-state index contributed by atoms with van der Waals surface area (Å²) < 4.78 is 1.64. The van der Waals surface area contributed by atoms with Gasteiger partial charge in [0, 0.05) is 35.7 Å². The van der Waals surface area contributed by atoms with Crippen LogP contribution in [0.4, 0.5) is 0 Å². The number of nitrogens with zero attached hydrogens (tertiary/aromatic N) is 3. The van der Waals surface area contributed by atoms with Gasteiger partial charge in [0.15, 0.2) is 11.9 Å². The molecule has 0 unspecified atom stereocenters. The maximum atomic E-state index is 12.1. The maximum absolute atomic E-state index is 12.1. The topological polar surface area (TPSA) is 80.0 Å². The number of rotatable bonds is 5. The van der Waals surface area contributed by atoms with Crippen molar-refractivity contribution in [1.82, 2.24) is 20.1 Å². The number of halogens is 1. The van der Waals surface area contributed by atoms with Gasteiger partial charge < -0.3 is 10.4 Å². The van der Waals surface area contributed by atoms with Gasteiger partial charge >= 0.3 is 0 Å². The molecule has 3 rings (SSSR count). The second-order valence-electron chi connectivity index (χ2n) is 5.12. The number of nitrogens with one attached hydrogen (secondary N) is 1. The largest absolute Gasteiger partial charge is 0.378 e. The highest BCUT2D eigenvalue weighted by molar-refractivity contribution is 6.31. The van der Waals surface area contributed by atoms with Gasteiger partial charge in [-0.25, -0.2) is 9.67 Å². The van der Waals surface area contributed by atoms with Gasteiger partial charge in [0.05, 0.1) is 0 Å². The van der Waals surface area contributed by atoms with Crippen molar-refractivity contribution in [1.29, 1.82) is 0 Å².